The summed E-state index contributed by atoms with van der Waals surface area (Å²) in [5, 5.41) is 60.9. The zero-order valence-electron chi connectivity index (χ0n) is 11.6. The Hall–Kier alpha value is -2.07. The Bertz CT molecular complexity index is 720. The Kier molecular flexibility index (Phi) is 3.08. The highest BCUT2D eigenvalue weighted by Gasteiger charge is 2.74. The van der Waals surface area contributed by atoms with Gasteiger partial charge < -0.3 is 35.4 Å². The van der Waals surface area contributed by atoms with Gasteiger partial charge in [0.15, 0.2) is 0 Å². The Labute approximate surface area is 129 Å². The maximum absolute atomic E-state index is 12.4. The third-order valence-corrected chi connectivity index (χ3v) is 4.01. The van der Waals surface area contributed by atoms with Gasteiger partial charge in [0.25, 0.3) is 5.79 Å². The molecule has 0 spiro atoms. The molecule has 0 aromatic heterocycles. The van der Waals surface area contributed by atoms with E-state index in [4.69, 9.17) is 4.74 Å². The number of hydrogen-bond acceptors (Lipinski definition) is 8. The summed E-state index contributed by atoms with van der Waals surface area (Å²) in [4.78, 5) is 12.4. The normalized spacial score (nSPS) is 34.3. The van der Waals surface area contributed by atoms with Gasteiger partial charge in [-0.3, -0.25) is 4.79 Å². The molecule has 1 aromatic rings. The van der Waals surface area contributed by atoms with Gasteiger partial charge in [0.2, 0.25) is 17.2 Å². The summed E-state index contributed by atoms with van der Waals surface area (Å²) >= 11 is 0. The number of carbonyl (C=O) groups is 1. The summed E-state index contributed by atoms with van der Waals surface area (Å²) < 4.78 is 5.06. The van der Waals surface area contributed by atoms with Gasteiger partial charge in [-0.15, -0.1) is 0 Å². The first kappa shape index (κ1) is 15.8. The first-order valence-electron chi connectivity index (χ1n) is 6.61. The summed E-state index contributed by atoms with van der Waals surface area (Å²) in [6.07, 6.45) is 2.75. The summed E-state index contributed by atoms with van der Waals surface area (Å²) in [6, 6.07) is 7.02. The summed E-state index contributed by atoms with van der Waals surface area (Å²) in [5.41, 5.74) is -3.37. The van der Waals surface area contributed by atoms with Crippen LogP contribution >= 0.6 is 0 Å². The number of ether oxygens (including phenoxy) is 1. The smallest absolute Gasteiger partial charge is 0.300 e. The monoisotopic (exact) mass is 322 g/mol. The van der Waals surface area contributed by atoms with Gasteiger partial charge in [-0.1, -0.05) is 36.4 Å². The fourth-order valence-corrected chi connectivity index (χ4v) is 2.64. The van der Waals surface area contributed by atoms with E-state index in [0.29, 0.717) is 6.08 Å². The van der Waals surface area contributed by atoms with Crippen LogP contribution in [0.5, 0.6) is 0 Å². The fraction of sp³-hybridized carbons (Fsp3) is 0.267. The third kappa shape index (κ3) is 1.78. The molecule has 0 saturated carbocycles. The molecule has 0 bridgehead atoms. The molecule has 2 unspecified atom stereocenters. The van der Waals surface area contributed by atoms with Crippen molar-refractivity contribution < 1.29 is 40.2 Å². The molecule has 3 rings (SSSR count). The van der Waals surface area contributed by atoms with E-state index >= 15 is 0 Å². The van der Waals surface area contributed by atoms with Crippen LogP contribution in [0.25, 0.3) is 0 Å². The lowest BCUT2D eigenvalue weighted by molar-refractivity contribution is -0.387. The van der Waals surface area contributed by atoms with Crippen molar-refractivity contribution in [3.63, 3.8) is 0 Å². The standard InChI is InChI=1S/C15H14O8/c16-11-13(19)10(7-4-8-12(13,17)18)23-15(22,14(11,20)21)9-5-2-1-3-6-9/h1-8,17-22H. The quantitative estimate of drug-likeness (QED) is 0.325. The highest BCUT2D eigenvalue weighted by molar-refractivity contribution is 5.99. The van der Waals surface area contributed by atoms with Crippen molar-refractivity contribution in [2.24, 2.45) is 0 Å². The minimum absolute atomic E-state index is 0.183. The zero-order valence-corrected chi connectivity index (χ0v) is 11.6. The lowest BCUT2D eigenvalue weighted by atomic mass is 9.74. The van der Waals surface area contributed by atoms with Gasteiger partial charge in [0, 0.05) is 5.56 Å². The summed E-state index contributed by atoms with van der Waals surface area (Å²) in [5.74, 6) is -12.3. The molecule has 6 N–H and O–H groups in total. The van der Waals surface area contributed by atoms with Crippen LogP contribution in [0.4, 0.5) is 0 Å². The number of benzene rings is 1. The number of aliphatic hydroxyl groups is 6. The van der Waals surface area contributed by atoms with E-state index in [1.54, 1.807) is 6.07 Å². The van der Waals surface area contributed by atoms with E-state index in [9.17, 15) is 35.4 Å². The van der Waals surface area contributed by atoms with E-state index in [2.05, 4.69) is 0 Å². The van der Waals surface area contributed by atoms with Crippen LogP contribution in [0.15, 0.2) is 54.3 Å². The third-order valence-electron chi connectivity index (χ3n) is 4.01. The minimum Gasteiger partial charge on any atom is -0.453 e. The highest BCUT2D eigenvalue weighted by Crippen LogP contribution is 2.49. The van der Waals surface area contributed by atoms with E-state index in [1.165, 1.54) is 24.3 Å². The maximum Gasteiger partial charge on any atom is 0.300 e. The molecule has 0 amide bonds. The van der Waals surface area contributed by atoms with Gasteiger partial charge in [0.05, 0.1) is 0 Å². The molecular weight excluding hydrogens is 308 g/mol. The fourth-order valence-electron chi connectivity index (χ4n) is 2.64. The number of Topliss-reactive ketones (excluding diaryl/α,β-unsaturated/α-hetero) is 1. The molecule has 1 aliphatic heterocycles. The zero-order chi connectivity index (χ0) is 17.1. The minimum atomic E-state index is -3.65. The van der Waals surface area contributed by atoms with Gasteiger partial charge in [-0.05, 0) is 12.2 Å². The van der Waals surface area contributed by atoms with E-state index in [0.717, 1.165) is 12.2 Å². The van der Waals surface area contributed by atoms with E-state index < -0.39 is 34.5 Å². The largest absolute Gasteiger partial charge is 0.453 e. The number of ketones is 1. The van der Waals surface area contributed by atoms with Crippen LogP contribution < -0.4 is 0 Å². The molecule has 1 aliphatic carbocycles. The van der Waals surface area contributed by atoms with Crippen LogP contribution in [0.1, 0.15) is 5.56 Å². The van der Waals surface area contributed by atoms with Crippen LogP contribution in [-0.4, -0.2) is 53.6 Å². The first-order valence-corrected chi connectivity index (χ1v) is 6.61. The Morgan fingerprint density at radius 2 is 1.52 bits per heavy atom. The van der Waals surface area contributed by atoms with Crippen molar-refractivity contribution in [1.29, 1.82) is 0 Å². The molecule has 1 fully saturated rings. The Morgan fingerprint density at radius 3 is 2.13 bits per heavy atom. The van der Waals surface area contributed by atoms with Gasteiger partial charge in [0.1, 0.15) is 5.76 Å². The van der Waals surface area contributed by atoms with Gasteiger partial charge >= 0.3 is 5.79 Å². The average molecular weight is 322 g/mol. The molecule has 23 heavy (non-hydrogen) atoms. The molecule has 8 nitrogen and oxygen atoms in total. The summed E-state index contributed by atoms with van der Waals surface area (Å²) in [6.45, 7) is 0. The first-order chi connectivity index (χ1) is 10.6. The second kappa shape index (κ2) is 4.48. The molecule has 8 heteroatoms. The lowest BCUT2D eigenvalue weighted by Crippen LogP contribution is -2.75. The van der Waals surface area contributed by atoms with Crippen molar-refractivity contribution in [3.05, 3.63) is 59.9 Å². The highest BCUT2D eigenvalue weighted by atomic mass is 16.7. The maximum atomic E-state index is 12.4. The molecule has 2 atom stereocenters. The average Bonchev–Trinajstić information content (AvgIpc) is 2.50. The number of rotatable bonds is 1. The van der Waals surface area contributed by atoms with Crippen molar-refractivity contribution in [2.45, 2.75) is 23.0 Å². The van der Waals surface area contributed by atoms with Gasteiger partial charge in [-0.2, -0.15) is 0 Å². The molecule has 1 saturated heterocycles. The Balaban J connectivity index is 2.22. The van der Waals surface area contributed by atoms with Crippen LogP contribution in [0.3, 0.4) is 0 Å². The number of carbonyl (C=O) groups excluding carboxylic acids is 1. The van der Waals surface area contributed by atoms with Crippen LogP contribution in [0.2, 0.25) is 0 Å². The molecule has 122 valence electrons. The number of allylic oxidation sites excluding steroid dienone is 2. The number of fused-ring (bicyclic) bond motifs is 1. The van der Waals surface area contributed by atoms with Gasteiger partial charge in [-0.25, -0.2) is 0 Å². The molecule has 1 aromatic carbocycles. The van der Waals surface area contributed by atoms with Crippen LogP contribution in [0, 0.1) is 0 Å². The second-order valence-corrected chi connectivity index (χ2v) is 5.44. The molecule has 0 radical (unpaired) electrons. The van der Waals surface area contributed by atoms with Crippen LogP contribution in [-0.2, 0) is 15.3 Å². The lowest BCUT2D eigenvalue weighted by Gasteiger charge is -2.51. The van der Waals surface area contributed by atoms with Crippen molar-refractivity contribution in [1.82, 2.24) is 0 Å². The Morgan fingerprint density at radius 1 is 0.913 bits per heavy atom. The number of hydrogen-bond donors (Lipinski definition) is 6. The predicted octanol–water partition coefficient (Wildman–Crippen LogP) is -2.02. The molecule has 1 heterocycles. The summed E-state index contributed by atoms with van der Waals surface area (Å²) in [7, 11) is 0. The topological polar surface area (TPSA) is 148 Å². The molecule has 2 aliphatic rings. The van der Waals surface area contributed by atoms with Crippen molar-refractivity contribution >= 4 is 5.78 Å². The van der Waals surface area contributed by atoms with E-state index in [1.807, 2.05) is 0 Å². The van der Waals surface area contributed by atoms with Crippen molar-refractivity contribution in [3.8, 4) is 0 Å². The SMILES string of the molecule is O=C1C(O)(O)C(O)(c2ccccc2)OC2=CC=CC(O)(O)C12O. The van der Waals surface area contributed by atoms with Crippen molar-refractivity contribution in [2.75, 3.05) is 0 Å². The van der Waals surface area contributed by atoms with E-state index in [-0.39, 0.29) is 5.56 Å². The predicted molar refractivity (Wildman–Crippen MR) is 72.9 cm³/mol. The molecular formula is C15H14O8. The second-order valence-electron chi connectivity index (χ2n) is 5.44.